The Kier molecular flexibility index (Phi) is 2.14. The molecule has 2 nitrogen and oxygen atoms in total. The number of hydrogen-bond acceptors (Lipinski definition) is 2. The summed E-state index contributed by atoms with van der Waals surface area (Å²) in [6.45, 7) is 4.20. The Morgan fingerprint density at radius 1 is 1.31 bits per heavy atom. The predicted molar refractivity (Wildman–Crippen MR) is 55.7 cm³/mol. The Morgan fingerprint density at radius 2 is 2.00 bits per heavy atom. The van der Waals surface area contributed by atoms with Gasteiger partial charge in [-0.3, -0.25) is 4.79 Å². The van der Waals surface area contributed by atoms with E-state index in [4.69, 9.17) is 0 Å². The second-order valence-electron chi connectivity index (χ2n) is 4.25. The van der Waals surface area contributed by atoms with Gasteiger partial charge in [0.2, 0.25) is 0 Å². The molecule has 0 aromatic rings. The first kappa shape index (κ1) is 9.13. The molecule has 0 radical (unpaired) electrons. The van der Waals surface area contributed by atoms with Crippen molar-refractivity contribution in [3.8, 4) is 0 Å². The van der Waals surface area contributed by atoms with E-state index in [1.807, 2.05) is 0 Å². The molecule has 1 amide bonds. The summed E-state index contributed by atoms with van der Waals surface area (Å²) in [5, 5.41) is 3.14. The average molecular weight is 197 g/mol. The van der Waals surface area contributed by atoms with Gasteiger partial charge in [-0.1, -0.05) is 0 Å². The van der Waals surface area contributed by atoms with E-state index in [2.05, 4.69) is 19.2 Å². The first-order chi connectivity index (χ1) is 6.09. The molecule has 1 heterocycles. The van der Waals surface area contributed by atoms with Crippen molar-refractivity contribution in [1.82, 2.24) is 5.32 Å². The highest BCUT2D eigenvalue weighted by Gasteiger charge is 2.34. The summed E-state index contributed by atoms with van der Waals surface area (Å²) in [6.07, 6.45) is 4.79. The molecule has 0 unspecified atom stereocenters. The van der Waals surface area contributed by atoms with Crippen LogP contribution in [-0.4, -0.2) is 10.8 Å². The predicted octanol–water partition coefficient (Wildman–Crippen LogP) is 3.05. The number of carbonyl (C=O) groups is 1. The number of allylic oxidation sites excluding steroid dienone is 1. The van der Waals surface area contributed by atoms with Gasteiger partial charge < -0.3 is 5.32 Å². The van der Waals surface area contributed by atoms with Crippen molar-refractivity contribution in [2.45, 2.75) is 45.1 Å². The molecule has 0 saturated carbocycles. The zero-order valence-electron chi connectivity index (χ0n) is 8.14. The van der Waals surface area contributed by atoms with Gasteiger partial charge in [-0.2, -0.15) is 0 Å². The van der Waals surface area contributed by atoms with Crippen LogP contribution in [0.5, 0.6) is 0 Å². The van der Waals surface area contributed by atoms with Crippen molar-refractivity contribution in [1.29, 1.82) is 0 Å². The fourth-order valence-electron chi connectivity index (χ4n) is 2.12. The van der Waals surface area contributed by atoms with Crippen LogP contribution in [0, 0.1) is 0 Å². The van der Waals surface area contributed by atoms with Crippen LogP contribution in [0.15, 0.2) is 10.5 Å². The Balaban J connectivity index is 2.36. The van der Waals surface area contributed by atoms with Crippen molar-refractivity contribution < 1.29 is 4.79 Å². The second kappa shape index (κ2) is 3.05. The molecule has 2 rings (SSSR count). The zero-order valence-corrected chi connectivity index (χ0v) is 8.96. The lowest BCUT2D eigenvalue weighted by Gasteiger charge is -2.37. The van der Waals surface area contributed by atoms with E-state index in [1.165, 1.54) is 35.1 Å². The van der Waals surface area contributed by atoms with Crippen molar-refractivity contribution in [2.24, 2.45) is 0 Å². The second-order valence-corrected chi connectivity index (χ2v) is 5.32. The van der Waals surface area contributed by atoms with Crippen molar-refractivity contribution in [2.75, 3.05) is 0 Å². The molecule has 1 N–H and O–H groups in total. The Hall–Kier alpha value is -0.440. The summed E-state index contributed by atoms with van der Waals surface area (Å²) in [4.78, 5) is 12.7. The molecule has 2 aliphatic rings. The molecular formula is C10H15NOS. The quantitative estimate of drug-likeness (QED) is 0.646. The smallest absolute Gasteiger partial charge is 0.284 e. The third-order valence-corrected chi connectivity index (χ3v) is 3.79. The monoisotopic (exact) mass is 197 g/mol. The number of rotatable bonds is 0. The lowest BCUT2D eigenvalue weighted by Crippen LogP contribution is -2.46. The summed E-state index contributed by atoms with van der Waals surface area (Å²) in [5.41, 5.74) is 1.36. The SMILES string of the molecule is CC1(C)NC(=O)SC2=C1CCCC2. The van der Waals surface area contributed by atoms with Crippen LogP contribution < -0.4 is 5.32 Å². The first-order valence-corrected chi connectivity index (χ1v) is 5.64. The topological polar surface area (TPSA) is 29.1 Å². The third-order valence-electron chi connectivity index (χ3n) is 2.80. The van der Waals surface area contributed by atoms with Gasteiger partial charge in [0.05, 0.1) is 5.54 Å². The van der Waals surface area contributed by atoms with E-state index < -0.39 is 0 Å². The average Bonchev–Trinajstić information content (AvgIpc) is 2.02. The Bertz CT molecular complexity index is 281. The molecule has 0 saturated heterocycles. The lowest BCUT2D eigenvalue weighted by molar-refractivity contribution is 0.252. The number of amides is 1. The molecule has 0 atom stereocenters. The van der Waals surface area contributed by atoms with Crippen LogP contribution >= 0.6 is 11.8 Å². The summed E-state index contributed by atoms with van der Waals surface area (Å²) < 4.78 is 0. The van der Waals surface area contributed by atoms with Crippen LogP contribution in [0.25, 0.3) is 0 Å². The standard InChI is InChI=1S/C10H15NOS/c1-10(2)7-5-3-4-6-8(7)13-9(12)11-10/h3-6H2,1-2H3,(H,11,12). The van der Waals surface area contributed by atoms with E-state index in [-0.39, 0.29) is 10.8 Å². The molecule has 0 aromatic carbocycles. The zero-order chi connectivity index (χ0) is 9.47. The summed E-state index contributed by atoms with van der Waals surface area (Å²) >= 11 is 1.40. The van der Waals surface area contributed by atoms with Gasteiger partial charge in [-0.05, 0) is 61.8 Å². The number of nitrogens with one attached hydrogen (secondary N) is 1. The fraction of sp³-hybridized carbons (Fsp3) is 0.700. The number of hydrogen-bond donors (Lipinski definition) is 1. The Morgan fingerprint density at radius 3 is 2.77 bits per heavy atom. The molecule has 13 heavy (non-hydrogen) atoms. The highest BCUT2D eigenvalue weighted by atomic mass is 32.2. The van der Waals surface area contributed by atoms with Crippen LogP contribution in [0.3, 0.4) is 0 Å². The summed E-state index contributed by atoms with van der Waals surface area (Å²) in [5.74, 6) is 0. The molecule has 0 spiro atoms. The van der Waals surface area contributed by atoms with Crippen molar-refractivity contribution in [3.63, 3.8) is 0 Å². The molecule has 0 fully saturated rings. The van der Waals surface area contributed by atoms with Crippen LogP contribution in [-0.2, 0) is 0 Å². The maximum Gasteiger partial charge on any atom is 0.284 e. The van der Waals surface area contributed by atoms with Gasteiger partial charge in [0, 0.05) is 0 Å². The maximum atomic E-state index is 11.4. The largest absolute Gasteiger partial charge is 0.338 e. The van der Waals surface area contributed by atoms with Crippen molar-refractivity contribution in [3.05, 3.63) is 10.5 Å². The minimum atomic E-state index is -0.0991. The number of thioether (sulfide) groups is 1. The maximum absolute atomic E-state index is 11.4. The molecular weight excluding hydrogens is 182 g/mol. The number of carbonyl (C=O) groups excluding carboxylic acids is 1. The van der Waals surface area contributed by atoms with E-state index in [0.717, 1.165) is 12.8 Å². The highest BCUT2D eigenvalue weighted by molar-refractivity contribution is 8.16. The third kappa shape index (κ3) is 1.62. The van der Waals surface area contributed by atoms with Crippen LogP contribution in [0.2, 0.25) is 0 Å². The Labute approximate surface area is 83.2 Å². The van der Waals surface area contributed by atoms with E-state index in [1.54, 1.807) is 0 Å². The van der Waals surface area contributed by atoms with Gasteiger partial charge in [0.25, 0.3) is 5.24 Å². The summed E-state index contributed by atoms with van der Waals surface area (Å²) in [6, 6.07) is 0. The van der Waals surface area contributed by atoms with E-state index in [0.29, 0.717) is 0 Å². The van der Waals surface area contributed by atoms with Gasteiger partial charge in [0.15, 0.2) is 0 Å². The molecule has 0 aromatic heterocycles. The fourth-order valence-corrected chi connectivity index (χ4v) is 3.38. The van der Waals surface area contributed by atoms with Gasteiger partial charge in [0.1, 0.15) is 0 Å². The minimum absolute atomic E-state index is 0.0991. The van der Waals surface area contributed by atoms with E-state index in [9.17, 15) is 4.79 Å². The minimum Gasteiger partial charge on any atom is -0.338 e. The molecule has 0 bridgehead atoms. The van der Waals surface area contributed by atoms with Gasteiger partial charge >= 0.3 is 0 Å². The molecule has 1 aliphatic heterocycles. The van der Waals surface area contributed by atoms with Crippen LogP contribution in [0.4, 0.5) is 4.79 Å². The van der Waals surface area contributed by atoms with Crippen LogP contribution in [0.1, 0.15) is 39.5 Å². The molecule has 3 heteroatoms. The van der Waals surface area contributed by atoms with Gasteiger partial charge in [-0.15, -0.1) is 0 Å². The lowest BCUT2D eigenvalue weighted by atomic mass is 9.85. The van der Waals surface area contributed by atoms with Gasteiger partial charge in [-0.25, -0.2) is 0 Å². The molecule has 1 aliphatic carbocycles. The molecule has 72 valence electrons. The summed E-state index contributed by atoms with van der Waals surface area (Å²) in [7, 11) is 0. The first-order valence-electron chi connectivity index (χ1n) is 4.82. The van der Waals surface area contributed by atoms with E-state index >= 15 is 0 Å². The highest BCUT2D eigenvalue weighted by Crippen LogP contribution is 2.41. The van der Waals surface area contributed by atoms with Crippen molar-refractivity contribution >= 4 is 17.0 Å². The normalized spacial score (nSPS) is 26.8.